The molecule has 1 unspecified atom stereocenters. The van der Waals surface area contributed by atoms with Crippen molar-refractivity contribution in [2.45, 2.75) is 49.8 Å². The molecule has 1 aromatic rings. The summed E-state index contributed by atoms with van der Waals surface area (Å²) in [6.45, 7) is 0.511. The van der Waals surface area contributed by atoms with Gasteiger partial charge in [-0.2, -0.15) is 0 Å². The molecule has 1 fully saturated rings. The molecular weight excluding hydrogens is 272 g/mol. The Hall–Kier alpha value is -1.07. The lowest BCUT2D eigenvalue weighted by Crippen LogP contribution is -2.44. The van der Waals surface area contributed by atoms with Crippen molar-refractivity contribution in [2.75, 3.05) is 10.8 Å². The van der Waals surface area contributed by atoms with Crippen LogP contribution in [0.5, 0.6) is 0 Å². The highest BCUT2D eigenvalue weighted by Crippen LogP contribution is 2.37. The fourth-order valence-electron chi connectivity index (χ4n) is 3.37. The highest BCUT2D eigenvalue weighted by Gasteiger charge is 2.36. The zero-order valence-electron chi connectivity index (χ0n) is 11.7. The minimum atomic E-state index is -3.24. The molecule has 1 atom stereocenters. The Labute approximate surface area is 121 Å². The van der Waals surface area contributed by atoms with Crippen LogP contribution in [0.25, 0.3) is 0 Å². The third-order valence-electron chi connectivity index (χ3n) is 4.53. The first-order valence-corrected chi connectivity index (χ1v) is 8.97. The Morgan fingerprint density at radius 2 is 1.75 bits per heavy atom. The van der Waals surface area contributed by atoms with Crippen molar-refractivity contribution in [3.63, 3.8) is 0 Å². The maximum atomic E-state index is 12.9. The van der Waals surface area contributed by atoms with Crippen LogP contribution in [-0.2, 0) is 10.0 Å². The molecule has 1 saturated carbocycles. The number of benzene rings is 1. The highest BCUT2D eigenvalue weighted by atomic mass is 32.2. The van der Waals surface area contributed by atoms with Gasteiger partial charge in [0, 0.05) is 12.6 Å². The Balaban J connectivity index is 1.96. The van der Waals surface area contributed by atoms with Crippen LogP contribution >= 0.6 is 0 Å². The first-order valence-electron chi connectivity index (χ1n) is 7.47. The molecule has 0 radical (unpaired) electrons. The number of rotatable bonds is 2. The van der Waals surface area contributed by atoms with Crippen molar-refractivity contribution >= 4 is 15.7 Å². The van der Waals surface area contributed by atoms with E-state index in [4.69, 9.17) is 5.73 Å². The number of anilines is 1. The van der Waals surface area contributed by atoms with E-state index in [1.165, 1.54) is 0 Å². The first kappa shape index (κ1) is 13.9. The Morgan fingerprint density at radius 3 is 2.50 bits per heavy atom. The number of fused-ring (bicyclic) bond motifs is 1. The Kier molecular flexibility index (Phi) is 3.73. The molecule has 110 valence electrons. The molecule has 0 saturated heterocycles. The van der Waals surface area contributed by atoms with Crippen molar-refractivity contribution in [3.05, 3.63) is 29.8 Å². The van der Waals surface area contributed by atoms with Gasteiger partial charge in [0.25, 0.3) is 0 Å². The van der Waals surface area contributed by atoms with E-state index in [-0.39, 0.29) is 11.3 Å². The van der Waals surface area contributed by atoms with Crippen molar-refractivity contribution < 1.29 is 8.42 Å². The van der Waals surface area contributed by atoms with Crippen molar-refractivity contribution in [1.29, 1.82) is 0 Å². The van der Waals surface area contributed by atoms with Crippen molar-refractivity contribution in [3.8, 4) is 0 Å². The molecule has 3 rings (SSSR count). The van der Waals surface area contributed by atoms with E-state index in [0.29, 0.717) is 13.0 Å². The van der Waals surface area contributed by atoms with Crippen LogP contribution in [0, 0.1) is 0 Å². The normalized spacial score (nSPS) is 24.4. The van der Waals surface area contributed by atoms with E-state index >= 15 is 0 Å². The number of sulfonamides is 1. The lowest BCUT2D eigenvalue weighted by molar-refractivity contribution is 0.479. The smallest absolute Gasteiger partial charge is 0.238 e. The lowest BCUT2D eigenvalue weighted by Gasteiger charge is -2.36. The van der Waals surface area contributed by atoms with E-state index in [0.717, 1.165) is 43.4 Å². The van der Waals surface area contributed by atoms with E-state index in [9.17, 15) is 8.42 Å². The average molecular weight is 294 g/mol. The first-order chi connectivity index (χ1) is 9.60. The third-order valence-corrected chi connectivity index (χ3v) is 6.84. The van der Waals surface area contributed by atoms with Gasteiger partial charge in [0.1, 0.15) is 0 Å². The average Bonchev–Trinajstić information content (AvgIpc) is 2.48. The number of hydrogen-bond acceptors (Lipinski definition) is 3. The van der Waals surface area contributed by atoms with E-state index in [1.54, 1.807) is 4.31 Å². The predicted octanol–water partition coefficient (Wildman–Crippen LogP) is 2.56. The molecule has 2 aliphatic rings. The molecule has 0 amide bonds. The summed E-state index contributed by atoms with van der Waals surface area (Å²) in [5.74, 6) is 0. The molecule has 1 aliphatic carbocycles. The number of nitrogens with zero attached hydrogens (tertiary/aromatic N) is 1. The van der Waals surface area contributed by atoms with Crippen LogP contribution in [0.3, 0.4) is 0 Å². The standard InChI is InChI=1S/C15H22N2O2S/c16-14-10-11-17(15-9-5-4-8-13(14)15)20(18,19)12-6-2-1-3-7-12/h4-5,8-9,12,14H,1-3,6-7,10-11,16H2. The van der Waals surface area contributed by atoms with Gasteiger partial charge in [-0.25, -0.2) is 8.42 Å². The van der Waals surface area contributed by atoms with E-state index in [2.05, 4.69) is 0 Å². The molecule has 5 heteroatoms. The molecular formula is C15H22N2O2S. The molecule has 4 nitrogen and oxygen atoms in total. The molecule has 1 aliphatic heterocycles. The van der Waals surface area contributed by atoms with Gasteiger partial charge >= 0.3 is 0 Å². The van der Waals surface area contributed by atoms with Crippen molar-refractivity contribution in [2.24, 2.45) is 5.73 Å². The zero-order valence-corrected chi connectivity index (χ0v) is 12.5. The quantitative estimate of drug-likeness (QED) is 0.911. The maximum absolute atomic E-state index is 12.9. The second-order valence-corrected chi connectivity index (χ2v) is 7.97. The predicted molar refractivity (Wildman–Crippen MR) is 81.1 cm³/mol. The van der Waals surface area contributed by atoms with Crippen LogP contribution in [0.15, 0.2) is 24.3 Å². The summed E-state index contributed by atoms with van der Waals surface area (Å²) in [6.07, 6.45) is 5.51. The zero-order chi connectivity index (χ0) is 14.2. The summed E-state index contributed by atoms with van der Waals surface area (Å²) in [6, 6.07) is 7.59. The van der Waals surface area contributed by atoms with Gasteiger partial charge in [0.2, 0.25) is 10.0 Å². The van der Waals surface area contributed by atoms with Crippen LogP contribution in [0.4, 0.5) is 5.69 Å². The van der Waals surface area contributed by atoms with Gasteiger partial charge in [0.15, 0.2) is 0 Å². The fraction of sp³-hybridized carbons (Fsp3) is 0.600. The molecule has 20 heavy (non-hydrogen) atoms. The SMILES string of the molecule is NC1CCN(S(=O)(=O)C2CCCCC2)c2ccccc21. The molecule has 1 heterocycles. The summed E-state index contributed by atoms with van der Waals surface area (Å²) in [5, 5.41) is -0.210. The van der Waals surface area contributed by atoms with Gasteiger partial charge in [-0.3, -0.25) is 4.31 Å². The summed E-state index contributed by atoms with van der Waals surface area (Å²) >= 11 is 0. The van der Waals surface area contributed by atoms with Crippen LogP contribution in [0.1, 0.15) is 50.1 Å². The van der Waals surface area contributed by atoms with Gasteiger partial charge in [-0.05, 0) is 30.9 Å². The van der Waals surface area contributed by atoms with E-state index in [1.807, 2.05) is 24.3 Å². The second-order valence-electron chi connectivity index (χ2n) is 5.83. The second kappa shape index (κ2) is 5.37. The lowest BCUT2D eigenvalue weighted by atomic mass is 9.99. The van der Waals surface area contributed by atoms with Crippen LogP contribution in [0.2, 0.25) is 0 Å². The Morgan fingerprint density at radius 1 is 1.05 bits per heavy atom. The molecule has 0 aromatic heterocycles. The molecule has 2 N–H and O–H groups in total. The minimum Gasteiger partial charge on any atom is -0.324 e. The largest absolute Gasteiger partial charge is 0.324 e. The van der Waals surface area contributed by atoms with Crippen molar-refractivity contribution in [1.82, 2.24) is 0 Å². The van der Waals surface area contributed by atoms with Gasteiger partial charge in [-0.15, -0.1) is 0 Å². The summed E-state index contributed by atoms with van der Waals surface area (Å²) < 4.78 is 27.4. The van der Waals surface area contributed by atoms with E-state index < -0.39 is 10.0 Å². The topological polar surface area (TPSA) is 63.4 Å². The number of hydrogen-bond donors (Lipinski definition) is 1. The summed E-state index contributed by atoms with van der Waals surface area (Å²) in [4.78, 5) is 0. The number of nitrogens with two attached hydrogens (primary N) is 1. The van der Waals surface area contributed by atoms with Gasteiger partial charge < -0.3 is 5.73 Å². The summed E-state index contributed by atoms with van der Waals surface area (Å²) in [5.41, 5.74) is 7.85. The molecule has 0 bridgehead atoms. The monoisotopic (exact) mass is 294 g/mol. The van der Waals surface area contributed by atoms with Crippen LogP contribution in [-0.4, -0.2) is 20.2 Å². The fourth-order valence-corrected chi connectivity index (χ4v) is 5.46. The number of para-hydroxylation sites is 1. The third kappa shape index (κ3) is 2.33. The molecule has 1 aromatic carbocycles. The van der Waals surface area contributed by atoms with Crippen LogP contribution < -0.4 is 10.0 Å². The maximum Gasteiger partial charge on any atom is 0.238 e. The molecule has 0 spiro atoms. The Bertz CT molecular complexity index is 579. The summed E-state index contributed by atoms with van der Waals surface area (Å²) in [7, 11) is -3.24. The van der Waals surface area contributed by atoms with Gasteiger partial charge in [0.05, 0.1) is 10.9 Å². The minimum absolute atomic E-state index is 0.0518. The highest BCUT2D eigenvalue weighted by molar-refractivity contribution is 7.93. The van der Waals surface area contributed by atoms with Gasteiger partial charge in [-0.1, -0.05) is 37.5 Å².